The Morgan fingerprint density at radius 2 is 2.15 bits per heavy atom. The lowest BCUT2D eigenvalue weighted by molar-refractivity contribution is -0.138. The number of aliphatic carboxylic acids is 1. The molecule has 6 nitrogen and oxygen atoms in total. The number of aromatic nitrogens is 2. The third-order valence-electron chi connectivity index (χ3n) is 3.17. The maximum absolute atomic E-state index is 12.2. The minimum absolute atomic E-state index is 0.333. The summed E-state index contributed by atoms with van der Waals surface area (Å²) in [5, 5.41) is 14.2. The van der Waals surface area contributed by atoms with E-state index in [2.05, 4.69) is 5.10 Å². The molecule has 1 heterocycles. The molecule has 0 bridgehead atoms. The molecule has 2 aromatic rings. The number of nitrogens with zero attached hydrogens (tertiary/aromatic N) is 2. The highest BCUT2D eigenvalue weighted by molar-refractivity contribution is 5.84. The van der Waals surface area contributed by atoms with E-state index in [1.54, 1.807) is 20.1 Å². The highest BCUT2D eigenvalue weighted by Gasteiger charge is 2.16. The van der Waals surface area contributed by atoms with Gasteiger partial charge in [0, 0.05) is 12.5 Å². The van der Waals surface area contributed by atoms with E-state index < -0.39 is 18.1 Å². The summed E-state index contributed by atoms with van der Waals surface area (Å²) in [5.41, 5.74) is 1.15. The summed E-state index contributed by atoms with van der Waals surface area (Å²) in [6.07, 6.45) is -0.333. The van der Waals surface area contributed by atoms with Crippen LogP contribution in [-0.2, 0) is 16.1 Å². The molecule has 1 aromatic carbocycles. The fourth-order valence-electron chi connectivity index (χ4n) is 2.07. The number of benzene rings is 1. The minimum Gasteiger partial charge on any atom is -0.480 e. The monoisotopic (exact) mass is 276 g/mol. The van der Waals surface area contributed by atoms with Gasteiger partial charge in [-0.1, -0.05) is 11.6 Å². The molecule has 0 amide bonds. The lowest BCUT2D eigenvalue weighted by Crippen LogP contribution is -2.28. The van der Waals surface area contributed by atoms with Gasteiger partial charge in [-0.25, -0.2) is 4.68 Å². The number of rotatable bonds is 4. The summed E-state index contributed by atoms with van der Waals surface area (Å²) >= 11 is 0. The average molecular weight is 276 g/mol. The summed E-state index contributed by atoms with van der Waals surface area (Å²) in [6, 6.07) is 5.37. The minimum atomic E-state index is -1.11. The van der Waals surface area contributed by atoms with Crippen LogP contribution in [0, 0.1) is 6.92 Å². The maximum atomic E-state index is 12.2. The number of carboxylic acid groups (broad SMARTS) is 1. The number of ether oxygens (including phenoxy) is 1. The summed E-state index contributed by atoms with van der Waals surface area (Å²) in [7, 11) is 1.54. The highest BCUT2D eigenvalue weighted by atomic mass is 16.5. The van der Waals surface area contributed by atoms with Gasteiger partial charge in [0.2, 0.25) is 0 Å². The number of hydrogen-bond donors (Lipinski definition) is 1. The highest BCUT2D eigenvalue weighted by Crippen LogP contribution is 2.22. The molecule has 20 heavy (non-hydrogen) atoms. The zero-order valence-electron chi connectivity index (χ0n) is 11.6. The smallest absolute Gasteiger partial charge is 0.325 e. The molecule has 1 aromatic heterocycles. The predicted molar refractivity (Wildman–Crippen MR) is 73.8 cm³/mol. The molecule has 1 atom stereocenters. The van der Waals surface area contributed by atoms with Crippen LogP contribution < -0.4 is 5.56 Å². The second-order valence-electron chi connectivity index (χ2n) is 4.67. The normalized spacial score (nSPS) is 12.6. The molecule has 2 rings (SSSR count). The average Bonchev–Trinajstić information content (AvgIpc) is 2.40. The number of carbonyl (C=O) groups is 1. The summed E-state index contributed by atoms with van der Waals surface area (Å²) in [5.74, 6) is -1.11. The van der Waals surface area contributed by atoms with E-state index in [0.717, 1.165) is 10.2 Å². The van der Waals surface area contributed by atoms with Crippen LogP contribution in [0.25, 0.3) is 10.8 Å². The van der Waals surface area contributed by atoms with Gasteiger partial charge in [-0.3, -0.25) is 9.59 Å². The molecule has 0 aliphatic heterocycles. The van der Waals surface area contributed by atoms with Crippen molar-refractivity contribution >= 4 is 16.7 Å². The zero-order valence-corrected chi connectivity index (χ0v) is 11.6. The molecule has 6 heteroatoms. The van der Waals surface area contributed by atoms with Crippen molar-refractivity contribution in [2.45, 2.75) is 26.5 Å². The summed E-state index contributed by atoms with van der Waals surface area (Å²) < 4.78 is 6.22. The predicted octanol–water partition coefficient (Wildman–Crippen LogP) is 1.50. The van der Waals surface area contributed by atoms with Gasteiger partial charge in [-0.2, -0.15) is 5.10 Å². The first-order valence-corrected chi connectivity index (χ1v) is 6.20. The number of methoxy groups -OCH3 is 1. The fraction of sp³-hybridized carbons (Fsp3) is 0.357. The van der Waals surface area contributed by atoms with Crippen molar-refractivity contribution in [2.24, 2.45) is 0 Å². The van der Waals surface area contributed by atoms with E-state index >= 15 is 0 Å². The number of hydrogen-bond acceptors (Lipinski definition) is 4. The Morgan fingerprint density at radius 1 is 1.45 bits per heavy atom. The molecule has 0 radical (unpaired) electrons. The van der Waals surface area contributed by atoms with Gasteiger partial charge in [0.15, 0.2) is 0 Å². The van der Waals surface area contributed by atoms with Gasteiger partial charge < -0.3 is 9.84 Å². The molecule has 1 unspecified atom stereocenters. The van der Waals surface area contributed by atoms with E-state index in [-0.39, 0.29) is 6.10 Å². The fourth-order valence-corrected chi connectivity index (χ4v) is 2.07. The van der Waals surface area contributed by atoms with Gasteiger partial charge in [0.25, 0.3) is 5.56 Å². The first kappa shape index (κ1) is 14.2. The zero-order chi connectivity index (χ0) is 14.9. The van der Waals surface area contributed by atoms with Crippen LogP contribution in [0.5, 0.6) is 0 Å². The van der Waals surface area contributed by atoms with Crippen LogP contribution in [0.2, 0.25) is 0 Å². The Labute approximate surface area is 115 Å². The molecule has 106 valence electrons. The van der Waals surface area contributed by atoms with E-state index in [1.165, 1.54) is 0 Å². The van der Waals surface area contributed by atoms with Crippen LogP contribution in [0.4, 0.5) is 0 Å². The molecule has 0 spiro atoms. The standard InChI is InChI=1S/C14H16N2O4/c1-8-4-5-10-11(6-8)13(9(2)20-3)15-16(14(10)19)7-12(17)18/h4-6,9H,7H2,1-3H3,(H,17,18). The second-order valence-corrected chi connectivity index (χ2v) is 4.67. The van der Waals surface area contributed by atoms with Gasteiger partial charge in [0.05, 0.1) is 17.2 Å². The largest absolute Gasteiger partial charge is 0.480 e. The van der Waals surface area contributed by atoms with Crippen LogP contribution >= 0.6 is 0 Å². The Balaban J connectivity index is 2.80. The second kappa shape index (κ2) is 5.42. The lowest BCUT2D eigenvalue weighted by atomic mass is 10.1. The third kappa shape index (κ3) is 2.55. The maximum Gasteiger partial charge on any atom is 0.325 e. The van der Waals surface area contributed by atoms with Gasteiger partial charge in [-0.05, 0) is 26.0 Å². The number of carboxylic acids is 1. The Hall–Kier alpha value is -2.21. The molecular weight excluding hydrogens is 260 g/mol. The number of fused-ring (bicyclic) bond motifs is 1. The molecule has 0 saturated carbocycles. The Morgan fingerprint density at radius 3 is 2.75 bits per heavy atom. The Bertz CT molecular complexity index is 721. The van der Waals surface area contributed by atoms with Crippen LogP contribution in [-0.4, -0.2) is 28.0 Å². The SMILES string of the molecule is COC(C)c1nn(CC(=O)O)c(=O)c2ccc(C)cc12. The van der Waals surface area contributed by atoms with Crippen molar-refractivity contribution in [2.75, 3.05) is 7.11 Å². The molecule has 0 fully saturated rings. The molecular formula is C14H16N2O4. The van der Waals surface area contributed by atoms with Crippen molar-refractivity contribution in [3.63, 3.8) is 0 Å². The van der Waals surface area contributed by atoms with Gasteiger partial charge in [0.1, 0.15) is 6.54 Å². The summed E-state index contributed by atoms with van der Waals surface area (Å²) in [4.78, 5) is 23.1. The quantitative estimate of drug-likeness (QED) is 0.915. The first-order chi connectivity index (χ1) is 9.43. The van der Waals surface area contributed by atoms with Crippen molar-refractivity contribution < 1.29 is 14.6 Å². The van der Waals surface area contributed by atoms with E-state index in [9.17, 15) is 9.59 Å². The van der Waals surface area contributed by atoms with Gasteiger partial charge >= 0.3 is 5.97 Å². The third-order valence-corrected chi connectivity index (χ3v) is 3.17. The molecule has 1 N–H and O–H groups in total. The van der Waals surface area contributed by atoms with E-state index in [1.807, 2.05) is 19.1 Å². The summed E-state index contributed by atoms with van der Waals surface area (Å²) in [6.45, 7) is 3.26. The van der Waals surface area contributed by atoms with Crippen molar-refractivity contribution in [3.05, 3.63) is 39.8 Å². The van der Waals surface area contributed by atoms with Gasteiger partial charge in [-0.15, -0.1) is 0 Å². The van der Waals surface area contributed by atoms with Crippen LogP contribution in [0.15, 0.2) is 23.0 Å². The van der Waals surface area contributed by atoms with Crippen molar-refractivity contribution in [1.29, 1.82) is 0 Å². The Kier molecular flexibility index (Phi) is 3.85. The number of aryl methyl sites for hydroxylation is 1. The first-order valence-electron chi connectivity index (χ1n) is 6.20. The molecule has 0 saturated heterocycles. The van der Waals surface area contributed by atoms with Crippen LogP contribution in [0.3, 0.4) is 0 Å². The van der Waals surface area contributed by atoms with Crippen LogP contribution in [0.1, 0.15) is 24.3 Å². The molecule has 0 aliphatic carbocycles. The van der Waals surface area contributed by atoms with E-state index in [4.69, 9.17) is 9.84 Å². The lowest BCUT2D eigenvalue weighted by Gasteiger charge is -2.14. The molecule has 0 aliphatic rings. The topological polar surface area (TPSA) is 81.4 Å². The van der Waals surface area contributed by atoms with Crippen molar-refractivity contribution in [1.82, 2.24) is 9.78 Å². The van der Waals surface area contributed by atoms with Crippen molar-refractivity contribution in [3.8, 4) is 0 Å². The van der Waals surface area contributed by atoms with E-state index in [0.29, 0.717) is 16.5 Å².